The molecule has 0 unspecified atom stereocenters. The lowest BCUT2D eigenvalue weighted by atomic mass is 10.2. The molecule has 1 aromatic carbocycles. The summed E-state index contributed by atoms with van der Waals surface area (Å²) in [6, 6.07) is 4.94. The van der Waals surface area contributed by atoms with Gasteiger partial charge in [-0.3, -0.25) is 9.59 Å². The highest BCUT2D eigenvalue weighted by molar-refractivity contribution is 6.31. The van der Waals surface area contributed by atoms with Crippen molar-refractivity contribution >= 4 is 34.4 Å². The zero-order chi connectivity index (χ0) is 14.1. The van der Waals surface area contributed by atoms with Crippen LogP contribution in [0.4, 0.5) is 0 Å². The molecular formula is C13H13ClN4O2. The lowest BCUT2D eigenvalue weighted by Crippen LogP contribution is -2.41. The number of H-pyrrole nitrogens is 1. The van der Waals surface area contributed by atoms with Crippen molar-refractivity contribution in [3.05, 3.63) is 29.0 Å². The molecule has 6 nitrogen and oxygen atoms in total. The van der Waals surface area contributed by atoms with Crippen LogP contribution in [0.25, 0.3) is 11.0 Å². The number of imidazole rings is 1. The van der Waals surface area contributed by atoms with Crippen molar-refractivity contribution < 1.29 is 9.59 Å². The minimum absolute atomic E-state index is 0.0801. The fourth-order valence-electron chi connectivity index (χ4n) is 2.22. The number of hydrogen-bond donors (Lipinski definition) is 3. The van der Waals surface area contributed by atoms with E-state index in [1.807, 2.05) is 6.07 Å². The third-order valence-electron chi connectivity index (χ3n) is 3.23. The maximum absolute atomic E-state index is 11.8. The summed E-state index contributed by atoms with van der Waals surface area (Å²) in [5.41, 5.74) is 1.63. The number of amides is 2. The molecule has 7 heteroatoms. The minimum atomic E-state index is -0.429. The Balaban J connectivity index is 1.64. The Morgan fingerprint density at radius 3 is 3.10 bits per heavy atom. The summed E-state index contributed by atoms with van der Waals surface area (Å²) in [6.45, 7) is 0.289. The van der Waals surface area contributed by atoms with E-state index in [4.69, 9.17) is 11.6 Å². The normalized spacial score (nSPS) is 18.2. The monoisotopic (exact) mass is 292 g/mol. The molecule has 1 aromatic heterocycles. The molecular weight excluding hydrogens is 280 g/mol. The molecule has 2 amide bonds. The van der Waals surface area contributed by atoms with Gasteiger partial charge in [0.05, 0.1) is 17.6 Å². The standard InChI is InChI=1S/C13H13ClN4O2/c14-7-1-2-8-10(5-7)17-11(16-8)6-15-13(20)9-3-4-12(19)18-9/h1-2,5,9H,3-4,6H2,(H,15,20)(H,16,17)(H,18,19)/t9-/m0/s1. The molecule has 3 N–H and O–H groups in total. The summed E-state index contributed by atoms with van der Waals surface area (Å²) >= 11 is 5.90. The van der Waals surface area contributed by atoms with Crippen LogP contribution in [-0.4, -0.2) is 27.8 Å². The maximum Gasteiger partial charge on any atom is 0.242 e. The molecule has 3 rings (SSSR count). The van der Waals surface area contributed by atoms with Crippen LogP contribution in [0.3, 0.4) is 0 Å². The number of aromatic nitrogens is 2. The number of halogens is 1. The van der Waals surface area contributed by atoms with Gasteiger partial charge in [-0.2, -0.15) is 0 Å². The summed E-state index contributed by atoms with van der Waals surface area (Å²) < 4.78 is 0. The number of carbonyl (C=O) groups excluding carboxylic acids is 2. The molecule has 0 radical (unpaired) electrons. The van der Waals surface area contributed by atoms with E-state index in [1.54, 1.807) is 12.1 Å². The Morgan fingerprint density at radius 2 is 2.35 bits per heavy atom. The van der Waals surface area contributed by atoms with Crippen LogP contribution in [0.1, 0.15) is 18.7 Å². The molecule has 1 fully saturated rings. The lowest BCUT2D eigenvalue weighted by Gasteiger charge is -2.09. The van der Waals surface area contributed by atoms with Crippen LogP contribution in [0.2, 0.25) is 5.02 Å². The van der Waals surface area contributed by atoms with Crippen molar-refractivity contribution in [3.8, 4) is 0 Å². The van der Waals surface area contributed by atoms with Crippen molar-refractivity contribution in [2.24, 2.45) is 0 Å². The second kappa shape index (κ2) is 5.13. The highest BCUT2D eigenvalue weighted by Crippen LogP contribution is 2.17. The first-order chi connectivity index (χ1) is 9.61. The Labute approximate surface area is 119 Å². The van der Waals surface area contributed by atoms with Gasteiger partial charge >= 0.3 is 0 Å². The fraction of sp³-hybridized carbons (Fsp3) is 0.308. The SMILES string of the molecule is O=C1CC[C@@H](C(=O)NCc2nc3ccc(Cl)cc3[nH]2)N1. The van der Waals surface area contributed by atoms with E-state index < -0.39 is 6.04 Å². The minimum Gasteiger partial charge on any atom is -0.347 e. The first-order valence-corrected chi connectivity index (χ1v) is 6.71. The van der Waals surface area contributed by atoms with Gasteiger partial charge < -0.3 is 15.6 Å². The van der Waals surface area contributed by atoms with Gasteiger partial charge in [0, 0.05) is 11.4 Å². The third-order valence-corrected chi connectivity index (χ3v) is 3.47. The number of nitrogens with one attached hydrogen (secondary N) is 3. The maximum atomic E-state index is 11.8. The topological polar surface area (TPSA) is 86.9 Å². The highest BCUT2D eigenvalue weighted by Gasteiger charge is 2.26. The van der Waals surface area contributed by atoms with E-state index in [0.29, 0.717) is 23.7 Å². The van der Waals surface area contributed by atoms with Crippen LogP contribution in [-0.2, 0) is 16.1 Å². The average molecular weight is 293 g/mol. The van der Waals surface area contributed by atoms with Crippen molar-refractivity contribution in [2.75, 3.05) is 0 Å². The second-order valence-corrected chi connectivity index (χ2v) is 5.16. The van der Waals surface area contributed by atoms with E-state index in [1.165, 1.54) is 0 Å². The summed E-state index contributed by atoms with van der Waals surface area (Å²) in [4.78, 5) is 30.3. The Morgan fingerprint density at radius 1 is 1.50 bits per heavy atom. The van der Waals surface area contributed by atoms with E-state index in [-0.39, 0.29) is 18.4 Å². The number of aromatic amines is 1. The summed E-state index contributed by atoms with van der Waals surface area (Å²) in [5, 5.41) is 6.01. The lowest BCUT2D eigenvalue weighted by molar-refractivity contribution is -0.125. The molecule has 0 spiro atoms. The number of hydrogen-bond acceptors (Lipinski definition) is 3. The van der Waals surface area contributed by atoms with E-state index in [2.05, 4.69) is 20.6 Å². The second-order valence-electron chi connectivity index (χ2n) is 4.72. The molecule has 2 aromatic rings. The van der Waals surface area contributed by atoms with Gasteiger partial charge in [0.1, 0.15) is 11.9 Å². The molecule has 20 heavy (non-hydrogen) atoms. The fourth-order valence-corrected chi connectivity index (χ4v) is 2.40. The zero-order valence-electron chi connectivity index (χ0n) is 10.6. The molecule has 2 heterocycles. The largest absolute Gasteiger partial charge is 0.347 e. The van der Waals surface area contributed by atoms with Crippen LogP contribution in [0, 0.1) is 0 Å². The Bertz CT molecular complexity index is 682. The van der Waals surface area contributed by atoms with Gasteiger partial charge in [0.15, 0.2) is 0 Å². The third kappa shape index (κ3) is 2.60. The molecule has 1 aliphatic heterocycles. The summed E-state index contributed by atoms with van der Waals surface area (Å²) in [7, 11) is 0. The van der Waals surface area contributed by atoms with E-state index in [0.717, 1.165) is 11.0 Å². The zero-order valence-corrected chi connectivity index (χ0v) is 11.3. The van der Waals surface area contributed by atoms with Gasteiger partial charge in [-0.1, -0.05) is 11.6 Å². The van der Waals surface area contributed by atoms with Gasteiger partial charge in [0.25, 0.3) is 0 Å². The predicted molar refractivity (Wildman–Crippen MR) is 74.1 cm³/mol. The Hall–Kier alpha value is -2.08. The molecule has 1 saturated heterocycles. The number of benzene rings is 1. The quantitative estimate of drug-likeness (QED) is 0.792. The van der Waals surface area contributed by atoms with E-state index >= 15 is 0 Å². The number of rotatable bonds is 3. The van der Waals surface area contributed by atoms with Crippen LogP contribution in [0.5, 0.6) is 0 Å². The number of fused-ring (bicyclic) bond motifs is 1. The molecule has 104 valence electrons. The van der Waals surface area contributed by atoms with Crippen molar-refractivity contribution in [2.45, 2.75) is 25.4 Å². The van der Waals surface area contributed by atoms with Crippen molar-refractivity contribution in [1.29, 1.82) is 0 Å². The number of nitrogens with zero attached hydrogens (tertiary/aromatic N) is 1. The van der Waals surface area contributed by atoms with Gasteiger partial charge in [-0.05, 0) is 24.6 Å². The molecule has 1 atom stereocenters. The Kier molecular flexibility index (Phi) is 3.31. The van der Waals surface area contributed by atoms with Crippen LogP contribution in [0.15, 0.2) is 18.2 Å². The average Bonchev–Trinajstić information content (AvgIpc) is 3.01. The molecule has 0 saturated carbocycles. The van der Waals surface area contributed by atoms with Gasteiger partial charge in [-0.25, -0.2) is 4.98 Å². The summed E-state index contributed by atoms with van der Waals surface area (Å²) in [6.07, 6.45) is 0.946. The number of carbonyl (C=O) groups is 2. The highest BCUT2D eigenvalue weighted by atomic mass is 35.5. The van der Waals surface area contributed by atoms with Crippen LogP contribution < -0.4 is 10.6 Å². The molecule has 1 aliphatic rings. The smallest absolute Gasteiger partial charge is 0.242 e. The van der Waals surface area contributed by atoms with Gasteiger partial charge in [0.2, 0.25) is 11.8 Å². The van der Waals surface area contributed by atoms with Crippen molar-refractivity contribution in [3.63, 3.8) is 0 Å². The molecule has 0 bridgehead atoms. The summed E-state index contributed by atoms with van der Waals surface area (Å²) in [5.74, 6) is 0.387. The van der Waals surface area contributed by atoms with Crippen molar-refractivity contribution in [1.82, 2.24) is 20.6 Å². The van der Waals surface area contributed by atoms with E-state index in [9.17, 15) is 9.59 Å². The molecule has 0 aliphatic carbocycles. The first kappa shape index (κ1) is 12.9. The van der Waals surface area contributed by atoms with Gasteiger partial charge in [-0.15, -0.1) is 0 Å². The predicted octanol–water partition coefficient (Wildman–Crippen LogP) is 1.11. The first-order valence-electron chi connectivity index (χ1n) is 6.33. The van der Waals surface area contributed by atoms with Crippen LogP contribution >= 0.6 is 11.6 Å².